The lowest BCUT2D eigenvalue weighted by Crippen LogP contribution is -2.51. The predicted octanol–water partition coefficient (Wildman–Crippen LogP) is 1.94. The van der Waals surface area contributed by atoms with Crippen molar-refractivity contribution in [1.82, 2.24) is 15.2 Å². The molecule has 3 unspecified atom stereocenters. The summed E-state index contributed by atoms with van der Waals surface area (Å²) in [6.45, 7) is 3.99. The molecule has 3 rings (SSSR count). The molecule has 11 heteroatoms. The van der Waals surface area contributed by atoms with Crippen LogP contribution in [0.5, 0.6) is 0 Å². The molecule has 2 heterocycles. The van der Waals surface area contributed by atoms with E-state index in [1.54, 1.807) is 13.8 Å². The standard InChI is InChI=1S/C18H25F3N4O3S/c1-11-16(12(2)24-23-11)29(27,28)25-9-3-4-13(10-25)17(26)22-15-7-5-14(6-8-15)18(19,20)21/h5-8,11-13,16,23-24H,3-4,9-10H2,1-2H3,(H,22,26). The minimum absolute atomic E-state index is 0.0603. The number of nitrogens with one attached hydrogen (secondary N) is 3. The number of carbonyl (C=O) groups excluding carboxylic acids is 1. The first-order valence-electron chi connectivity index (χ1n) is 9.48. The van der Waals surface area contributed by atoms with Crippen molar-refractivity contribution in [2.75, 3.05) is 18.4 Å². The number of rotatable bonds is 4. The van der Waals surface area contributed by atoms with Gasteiger partial charge in [0, 0.05) is 30.9 Å². The third-order valence-electron chi connectivity index (χ3n) is 5.46. The van der Waals surface area contributed by atoms with Crippen molar-refractivity contribution in [2.45, 2.75) is 50.2 Å². The summed E-state index contributed by atoms with van der Waals surface area (Å²) in [6.07, 6.45) is -3.38. The van der Waals surface area contributed by atoms with Crippen molar-refractivity contribution in [1.29, 1.82) is 0 Å². The molecule has 2 aliphatic heterocycles. The summed E-state index contributed by atoms with van der Waals surface area (Å²) in [6, 6.07) is 3.65. The molecule has 2 fully saturated rings. The summed E-state index contributed by atoms with van der Waals surface area (Å²) in [4.78, 5) is 12.6. The van der Waals surface area contributed by atoms with Gasteiger partial charge in [-0.2, -0.15) is 13.2 Å². The summed E-state index contributed by atoms with van der Waals surface area (Å²) >= 11 is 0. The normalized spacial score (nSPS) is 29.0. The van der Waals surface area contributed by atoms with Crippen molar-refractivity contribution >= 4 is 21.6 Å². The van der Waals surface area contributed by atoms with Gasteiger partial charge in [-0.3, -0.25) is 15.6 Å². The average molecular weight is 434 g/mol. The lowest BCUT2D eigenvalue weighted by molar-refractivity contribution is -0.137. The van der Waals surface area contributed by atoms with E-state index < -0.39 is 38.8 Å². The maximum Gasteiger partial charge on any atom is 0.416 e. The van der Waals surface area contributed by atoms with Gasteiger partial charge in [-0.15, -0.1) is 0 Å². The molecule has 1 aromatic rings. The van der Waals surface area contributed by atoms with Gasteiger partial charge < -0.3 is 5.32 Å². The maximum absolute atomic E-state index is 13.1. The number of alkyl halides is 3. The number of carbonyl (C=O) groups is 1. The Hall–Kier alpha value is -1.69. The van der Waals surface area contributed by atoms with Crippen LogP contribution in [0.4, 0.5) is 18.9 Å². The van der Waals surface area contributed by atoms with Crippen LogP contribution in [-0.2, 0) is 21.0 Å². The van der Waals surface area contributed by atoms with Crippen molar-refractivity contribution in [3.05, 3.63) is 29.8 Å². The molecule has 0 spiro atoms. The number of nitrogens with zero attached hydrogens (tertiary/aromatic N) is 1. The highest BCUT2D eigenvalue weighted by molar-refractivity contribution is 7.89. The summed E-state index contributed by atoms with van der Waals surface area (Å²) in [7, 11) is -3.62. The zero-order valence-electron chi connectivity index (χ0n) is 16.2. The van der Waals surface area contributed by atoms with Crippen molar-refractivity contribution in [3.63, 3.8) is 0 Å². The molecule has 0 aliphatic carbocycles. The average Bonchev–Trinajstić information content (AvgIpc) is 3.00. The van der Waals surface area contributed by atoms with Gasteiger partial charge in [0.1, 0.15) is 5.25 Å². The Balaban J connectivity index is 1.66. The maximum atomic E-state index is 13.1. The number of amides is 1. The zero-order valence-corrected chi connectivity index (χ0v) is 17.0. The van der Waals surface area contributed by atoms with E-state index >= 15 is 0 Å². The monoisotopic (exact) mass is 434 g/mol. The molecule has 0 saturated carbocycles. The fourth-order valence-electron chi connectivity index (χ4n) is 3.92. The molecule has 3 atom stereocenters. The molecule has 7 nitrogen and oxygen atoms in total. The quantitative estimate of drug-likeness (QED) is 0.674. The smallest absolute Gasteiger partial charge is 0.326 e. The Morgan fingerprint density at radius 2 is 1.72 bits per heavy atom. The predicted molar refractivity (Wildman–Crippen MR) is 102 cm³/mol. The van der Waals surface area contributed by atoms with Gasteiger partial charge in [0.2, 0.25) is 15.9 Å². The first-order chi connectivity index (χ1) is 13.5. The molecule has 0 aromatic heterocycles. The van der Waals surface area contributed by atoms with Crippen LogP contribution in [0.25, 0.3) is 0 Å². The van der Waals surface area contributed by atoms with E-state index in [1.165, 1.54) is 16.4 Å². The van der Waals surface area contributed by atoms with Crippen LogP contribution in [0.1, 0.15) is 32.3 Å². The summed E-state index contributed by atoms with van der Waals surface area (Å²) in [5.41, 5.74) is 5.31. The van der Waals surface area contributed by atoms with E-state index in [1.807, 2.05) is 0 Å². The largest absolute Gasteiger partial charge is 0.416 e. The van der Waals surface area contributed by atoms with Gasteiger partial charge in [0.05, 0.1) is 11.5 Å². The number of hydrogen-bond donors (Lipinski definition) is 3. The van der Waals surface area contributed by atoms with Crippen LogP contribution in [0.2, 0.25) is 0 Å². The lowest BCUT2D eigenvalue weighted by Gasteiger charge is -2.34. The Morgan fingerprint density at radius 1 is 1.14 bits per heavy atom. The molecule has 0 radical (unpaired) electrons. The van der Waals surface area contributed by atoms with E-state index in [4.69, 9.17) is 0 Å². The highest BCUT2D eigenvalue weighted by Gasteiger charge is 2.45. The van der Waals surface area contributed by atoms with Crippen LogP contribution in [0.3, 0.4) is 0 Å². The van der Waals surface area contributed by atoms with Gasteiger partial charge in [-0.05, 0) is 51.0 Å². The zero-order chi connectivity index (χ0) is 21.4. The second kappa shape index (κ2) is 8.21. The minimum atomic E-state index is -4.45. The van der Waals surface area contributed by atoms with Crippen molar-refractivity contribution in [2.24, 2.45) is 5.92 Å². The SMILES string of the molecule is CC1NNC(C)C1S(=O)(=O)N1CCCC(C(=O)Nc2ccc(C(F)(F)F)cc2)C1. The molecule has 162 valence electrons. The Morgan fingerprint density at radius 3 is 2.28 bits per heavy atom. The van der Waals surface area contributed by atoms with Gasteiger partial charge in [0.25, 0.3) is 0 Å². The molecule has 3 N–H and O–H groups in total. The van der Waals surface area contributed by atoms with Crippen LogP contribution in [0.15, 0.2) is 24.3 Å². The van der Waals surface area contributed by atoms with E-state index in [0.717, 1.165) is 12.1 Å². The van der Waals surface area contributed by atoms with Crippen molar-refractivity contribution in [3.8, 4) is 0 Å². The first kappa shape index (κ1) is 22.0. The van der Waals surface area contributed by atoms with Gasteiger partial charge in [0.15, 0.2) is 0 Å². The van der Waals surface area contributed by atoms with E-state index in [9.17, 15) is 26.4 Å². The highest BCUT2D eigenvalue weighted by Crippen LogP contribution is 2.30. The Labute approximate surface area is 168 Å². The summed E-state index contributed by atoms with van der Waals surface area (Å²) < 4.78 is 65.5. The van der Waals surface area contributed by atoms with Gasteiger partial charge in [-0.25, -0.2) is 12.7 Å². The fraction of sp³-hybridized carbons (Fsp3) is 0.611. The van der Waals surface area contributed by atoms with E-state index in [0.29, 0.717) is 19.4 Å². The number of sulfonamides is 1. The molecule has 2 aliphatic rings. The van der Waals surface area contributed by atoms with Crippen molar-refractivity contribution < 1.29 is 26.4 Å². The third kappa shape index (κ3) is 4.73. The molecular weight excluding hydrogens is 409 g/mol. The topological polar surface area (TPSA) is 90.5 Å². The molecule has 1 amide bonds. The number of hydrazine groups is 1. The molecule has 0 bridgehead atoms. The summed E-state index contributed by atoms with van der Waals surface area (Å²) in [5.74, 6) is -0.956. The van der Waals surface area contributed by atoms with Crippen LogP contribution >= 0.6 is 0 Å². The van der Waals surface area contributed by atoms with Gasteiger partial charge in [-0.1, -0.05) is 0 Å². The van der Waals surface area contributed by atoms with Crippen LogP contribution in [-0.4, -0.2) is 49.1 Å². The Kier molecular flexibility index (Phi) is 6.23. The molecule has 2 saturated heterocycles. The second-order valence-electron chi connectivity index (χ2n) is 7.64. The number of hydrogen-bond acceptors (Lipinski definition) is 5. The van der Waals surface area contributed by atoms with Gasteiger partial charge >= 0.3 is 6.18 Å². The molecular formula is C18H25F3N4O3S. The van der Waals surface area contributed by atoms with Crippen LogP contribution < -0.4 is 16.2 Å². The molecule has 29 heavy (non-hydrogen) atoms. The molecule has 1 aromatic carbocycles. The fourth-order valence-corrected chi connectivity index (χ4v) is 6.21. The van der Waals surface area contributed by atoms with Crippen LogP contribution in [0, 0.1) is 5.92 Å². The number of piperidine rings is 1. The lowest BCUT2D eigenvalue weighted by atomic mass is 9.98. The first-order valence-corrected chi connectivity index (χ1v) is 11.0. The minimum Gasteiger partial charge on any atom is -0.326 e. The number of benzene rings is 1. The number of anilines is 1. The highest BCUT2D eigenvalue weighted by atomic mass is 32.2. The van der Waals surface area contributed by atoms with E-state index in [-0.39, 0.29) is 24.3 Å². The Bertz CT molecular complexity index is 835. The number of halogens is 3. The second-order valence-corrected chi connectivity index (χ2v) is 9.73. The summed E-state index contributed by atoms with van der Waals surface area (Å²) in [5, 5.41) is 1.96. The van der Waals surface area contributed by atoms with E-state index in [2.05, 4.69) is 16.2 Å². The third-order valence-corrected chi connectivity index (χ3v) is 8.02.